The van der Waals surface area contributed by atoms with Crippen LogP contribution in [0.2, 0.25) is 0 Å². The normalized spacial score (nSPS) is 38.5. The first-order valence-corrected chi connectivity index (χ1v) is 10.6. The van der Waals surface area contributed by atoms with Gasteiger partial charge in [0.25, 0.3) is 0 Å². The summed E-state index contributed by atoms with van der Waals surface area (Å²) in [4.78, 5) is 0. The Morgan fingerprint density at radius 1 is 0.783 bits per heavy atom. The zero-order valence-electron chi connectivity index (χ0n) is 15.5. The zero-order valence-corrected chi connectivity index (χ0v) is 15.5. The van der Waals surface area contributed by atoms with E-state index in [1.807, 2.05) is 0 Å². The van der Waals surface area contributed by atoms with E-state index in [0.29, 0.717) is 11.8 Å². The Labute approximate surface area is 143 Å². The fourth-order valence-electron chi connectivity index (χ4n) is 7.14. The molecule has 2 saturated heterocycles. The maximum absolute atomic E-state index is 11.9. The van der Waals surface area contributed by atoms with Crippen LogP contribution in [0.25, 0.3) is 0 Å². The lowest BCUT2D eigenvalue weighted by Crippen LogP contribution is -2.56. The Morgan fingerprint density at radius 2 is 1.22 bits per heavy atom. The van der Waals surface area contributed by atoms with Gasteiger partial charge < -0.3 is 9.59 Å². The Morgan fingerprint density at radius 3 is 1.65 bits per heavy atom. The molecule has 23 heavy (non-hydrogen) atoms. The number of quaternary nitrogens is 1. The molecule has 132 valence electrons. The first-order chi connectivity index (χ1) is 11.0. The van der Waals surface area contributed by atoms with Crippen molar-refractivity contribution in [3.8, 4) is 0 Å². The number of rotatable bonds is 4. The number of aliphatic hydroxyl groups is 1. The fraction of sp³-hybridized carbons (Fsp3) is 1.00. The molecule has 0 amide bonds. The lowest BCUT2D eigenvalue weighted by molar-refractivity contribution is -0.931. The molecule has 2 saturated carbocycles. The van der Waals surface area contributed by atoms with Gasteiger partial charge in [0.05, 0.1) is 31.8 Å². The second-order valence-electron chi connectivity index (χ2n) is 10.0. The van der Waals surface area contributed by atoms with Gasteiger partial charge in [-0.15, -0.1) is 0 Å². The highest BCUT2D eigenvalue weighted by atomic mass is 16.3. The standard InChI is InChI=1S/C21H38NO/c1-22(2)19-11-12-20(22)14-16(13-19)15-21(23,17-7-3-4-8-17)18-9-5-6-10-18/h16-20,23H,3-15H2,1-2H3/q+1. The van der Waals surface area contributed by atoms with Crippen LogP contribution < -0.4 is 0 Å². The highest BCUT2D eigenvalue weighted by molar-refractivity contribution is 4.99. The molecule has 2 unspecified atom stereocenters. The van der Waals surface area contributed by atoms with E-state index in [0.717, 1.165) is 24.4 Å². The Hall–Kier alpha value is -0.0800. The molecule has 0 aromatic heterocycles. The summed E-state index contributed by atoms with van der Waals surface area (Å²) >= 11 is 0. The molecule has 2 atom stereocenters. The second-order valence-corrected chi connectivity index (χ2v) is 10.0. The highest BCUT2D eigenvalue weighted by Gasteiger charge is 2.52. The smallest absolute Gasteiger partial charge is 0.0893 e. The van der Waals surface area contributed by atoms with E-state index in [-0.39, 0.29) is 5.60 Å². The molecule has 1 N–H and O–H groups in total. The van der Waals surface area contributed by atoms with Crippen LogP contribution in [0.4, 0.5) is 0 Å². The van der Waals surface area contributed by atoms with Gasteiger partial charge >= 0.3 is 0 Å². The Kier molecular flexibility index (Phi) is 4.29. The Balaban J connectivity index is 1.50. The molecule has 2 aliphatic heterocycles. The van der Waals surface area contributed by atoms with Crippen molar-refractivity contribution in [3.05, 3.63) is 0 Å². The molecule has 0 aromatic carbocycles. The first-order valence-electron chi connectivity index (χ1n) is 10.6. The van der Waals surface area contributed by atoms with E-state index in [1.165, 1.54) is 81.5 Å². The van der Waals surface area contributed by atoms with Crippen molar-refractivity contribution in [2.45, 2.75) is 101 Å². The number of piperidine rings is 1. The van der Waals surface area contributed by atoms with Gasteiger partial charge in [-0.05, 0) is 49.9 Å². The molecule has 2 heteroatoms. The molecule has 4 fully saturated rings. The summed E-state index contributed by atoms with van der Waals surface area (Å²) in [6.45, 7) is 0. The fourth-order valence-corrected chi connectivity index (χ4v) is 7.14. The average molecular weight is 321 g/mol. The van der Waals surface area contributed by atoms with E-state index >= 15 is 0 Å². The average Bonchev–Trinajstić information content (AvgIpc) is 3.22. The molecular formula is C21H38NO+. The van der Waals surface area contributed by atoms with Crippen molar-refractivity contribution in [1.82, 2.24) is 0 Å². The minimum Gasteiger partial charge on any atom is -0.389 e. The van der Waals surface area contributed by atoms with Crippen LogP contribution in [0.15, 0.2) is 0 Å². The number of hydrogen-bond donors (Lipinski definition) is 1. The van der Waals surface area contributed by atoms with E-state index in [1.54, 1.807) is 0 Å². The second kappa shape index (κ2) is 6.02. The van der Waals surface area contributed by atoms with Crippen LogP contribution in [0, 0.1) is 17.8 Å². The third-order valence-corrected chi connectivity index (χ3v) is 8.67. The molecule has 0 radical (unpaired) electrons. The van der Waals surface area contributed by atoms with Gasteiger partial charge in [0, 0.05) is 25.7 Å². The van der Waals surface area contributed by atoms with Gasteiger partial charge in [0.1, 0.15) is 0 Å². The van der Waals surface area contributed by atoms with E-state index in [4.69, 9.17) is 0 Å². The monoisotopic (exact) mass is 320 g/mol. The summed E-state index contributed by atoms with van der Waals surface area (Å²) in [6, 6.07) is 1.74. The number of hydrogen-bond acceptors (Lipinski definition) is 1. The van der Waals surface area contributed by atoms with Crippen LogP contribution in [0.1, 0.15) is 83.5 Å². The third kappa shape index (κ3) is 2.78. The summed E-state index contributed by atoms with van der Waals surface area (Å²) in [7, 11) is 4.91. The maximum atomic E-state index is 11.9. The Bertz CT molecular complexity index is 388. The molecule has 4 rings (SSSR count). The molecule has 2 nitrogen and oxygen atoms in total. The third-order valence-electron chi connectivity index (χ3n) is 8.67. The van der Waals surface area contributed by atoms with Crippen LogP contribution in [-0.4, -0.2) is 41.4 Å². The maximum Gasteiger partial charge on any atom is 0.0893 e. The molecular weight excluding hydrogens is 282 g/mol. The molecule has 0 aromatic rings. The highest BCUT2D eigenvalue weighted by Crippen LogP contribution is 2.51. The van der Waals surface area contributed by atoms with Crippen molar-refractivity contribution in [3.63, 3.8) is 0 Å². The topological polar surface area (TPSA) is 20.2 Å². The molecule has 0 spiro atoms. The van der Waals surface area contributed by atoms with Crippen molar-refractivity contribution in [1.29, 1.82) is 0 Å². The summed E-state index contributed by atoms with van der Waals surface area (Å²) < 4.78 is 1.27. The van der Waals surface area contributed by atoms with E-state index in [2.05, 4.69) is 14.1 Å². The van der Waals surface area contributed by atoms with E-state index in [9.17, 15) is 5.11 Å². The summed E-state index contributed by atoms with van der Waals surface area (Å²) in [5.74, 6) is 2.03. The minimum absolute atomic E-state index is 0.314. The summed E-state index contributed by atoms with van der Waals surface area (Å²) in [5.41, 5.74) is -0.314. The number of fused-ring (bicyclic) bond motifs is 2. The van der Waals surface area contributed by atoms with Crippen LogP contribution >= 0.6 is 0 Å². The molecule has 2 aliphatic carbocycles. The van der Waals surface area contributed by atoms with Gasteiger partial charge in [0.15, 0.2) is 0 Å². The van der Waals surface area contributed by atoms with Gasteiger partial charge in [-0.3, -0.25) is 0 Å². The van der Waals surface area contributed by atoms with Gasteiger partial charge in [-0.1, -0.05) is 25.7 Å². The largest absolute Gasteiger partial charge is 0.389 e. The van der Waals surface area contributed by atoms with Gasteiger partial charge in [-0.2, -0.15) is 0 Å². The predicted molar refractivity (Wildman–Crippen MR) is 95.1 cm³/mol. The minimum atomic E-state index is -0.314. The number of nitrogens with zero attached hydrogens (tertiary/aromatic N) is 1. The molecule has 4 aliphatic rings. The van der Waals surface area contributed by atoms with Crippen molar-refractivity contribution >= 4 is 0 Å². The molecule has 2 bridgehead atoms. The predicted octanol–water partition coefficient (Wildman–Crippen LogP) is 4.51. The van der Waals surface area contributed by atoms with Crippen LogP contribution in [-0.2, 0) is 0 Å². The summed E-state index contributed by atoms with van der Waals surface area (Å²) in [5, 5.41) is 11.9. The van der Waals surface area contributed by atoms with Gasteiger partial charge in [0.2, 0.25) is 0 Å². The SMILES string of the molecule is C[N+]1(C)C2CCC1CC(CC(O)(C1CCCC1)C1CCCC1)C2. The van der Waals surface area contributed by atoms with Crippen molar-refractivity contribution in [2.75, 3.05) is 14.1 Å². The van der Waals surface area contributed by atoms with Gasteiger partial charge in [-0.25, -0.2) is 0 Å². The first kappa shape index (κ1) is 16.4. The van der Waals surface area contributed by atoms with Crippen LogP contribution in [0.5, 0.6) is 0 Å². The van der Waals surface area contributed by atoms with Crippen molar-refractivity contribution in [2.24, 2.45) is 17.8 Å². The summed E-state index contributed by atoms with van der Waals surface area (Å²) in [6.07, 6.45) is 17.4. The lowest BCUT2D eigenvalue weighted by atomic mass is 9.68. The lowest BCUT2D eigenvalue weighted by Gasteiger charge is -2.48. The zero-order chi connectivity index (χ0) is 16.1. The van der Waals surface area contributed by atoms with E-state index < -0.39 is 0 Å². The quantitative estimate of drug-likeness (QED) is 0.756. The van der Waals surface area contributed by atoms with Crippen LogP contribution in [0.3, 0.4) is 0 Å². The molecule has 2 heterocycles. The van der Waals surface area contributed by atoms with Crippen molar-refractivity contribution < 1.29 is 9.59 Å².